The SMILES string of the molecule is CCOC(=S)SCCF. The molecule has 0 aromatic heterocycles. The van der Waals surface area contributed by atoms with Crippen LogP contribution in [0.4, 0.5) is 4.39 Å². The van der Waals surface area contributed by atoms with Crippen molar-refractivity contribution in [2.24, 2.45) is 0 Å². The Bertz CT molecular complexity index is 87.0. The third kappa shape index (κ3) is 6.05. The first kappa shape index (κ1) is 9.17. The van der Waals surface area contributed by atoms with Gasteiger partial charge in [0.1, 0.15) is 0 Å². The van der Waals surface area contributed by atoms with Crippen LogP contribution in [0.5, 0.6) is 0 Å². The molecule has 0 aromatic carbocycles. The number of thioether (sulfide) groups is 1. The van der Waals surface area contributed by atoms with Gasteiger partial charge >= 0.3 is 0 Å². The van der Waals surface area contributed by atoms with Crippen molar-refractivity contribution in [3.63, 3.8) is 0 Å². The molecule has 4 heteroatoms. The maximum Gasteiger partial charge on any atom is 0.220 e. The first-order valence-electron chi connectivity index (χ1n) is 2.66. The van der Waals surface area contributed by atoms with Crippen LogP contribution in [-0.4, -0.2) is 23.4 Å². The second-order valence-electron chi connectivity index (χ2n) is 1.22. The van der Waals surface area contributed by atoms with Gasteiger partial charge in [-0.05, 0) is 19.1 Å². The number of hydrogen-bond acceptors (Lipinski definition) is 3. The normalized spacial score (nSPS) is 9.11. The zero-order chi connectivity index (χ0) is 7.11. The highest BCUT2D eigenvalue weighted by Gasteiger charge is 1.94. The maximum absolute atomic E-state index is 11.5. The largest absolute Gasteiger partial charge is 0.479 e. The van der Waals surface area contributed by atoms with E-state index in [1.54, 1.807) is 0 Å². The van der Waals surface area contributed by atoms with Crippen LogP contribution in [0.25, 0.3) is 0 Å². The zero-order valence-electron chi connectivity index (χ0n) is 5.22. The molecule has 0 fully saturated rings. The second kappa shape index (κ2) is 6.29. The summed E-state index contributed by atoms with van der Waals surface area (Å²) in [5.41, 5.74) is 0. The van der Waals surface area contributed by atoms with Crippen molar-refractivity contribution in [3.05, 3.63) is 0 Å². The number of alkyl halides is 1. The Labute approximate surface area is 64.0 Å². The lowest BCUT2D eigenvalue weighted by atomic mass is 10.9. The average Bonchev–Trinajstić information content (AvgIpc) is 1.85. The van der Waals surface area contributed by atoms with Gasteiger partial charge in [0.05, 0.1) is 13.3 Å². The van der Waals surface area contributed by atoms with E-state index >= 15 is 0 Å². The van der Waals surface area contributed by atoms with Crippen LogP contribution in [-0.2, 0) is 4.74 Å². The summed E-state index contributed by atoms with van der Waals surface area (Å²) < 4.78 is 16.8. The molecule has 54 valence electrons. The van der Waals surface area contributed by atoms with Gasteiger partial charge < -0.3 is 4.74 Å². The second-order valence-corrected chi connectivity index (χ2v) is 2.92. The van der Waals surface area contributed by atoms with E-state index in [9.17, 15) is 4.39 Å². The fraction of sp³-hybridized carbons (Fsp3) is 0.800. The molecule has 0 bridgehead atoms. The fourth-order valence-corrected chi connectivity index (χ4v) is 1.09. The molecule has 0 aromatic rings. The van der Waals surface area contributed by atoms with Gasteiger partial charge in [0.2, 0.25) is 4.38 Å². The van der Waals surface area contributed by atoms with Crippen molar-refractivity contribution in [1.29, 1.82) is 0 Å². The number of halogens is 1. The number of rotatable bonds is 3. The van der Waals surface area contributed by atoms with Crippen molar-refractivity contribution < 1.29 is 9.13 Å². The van der Waals surface area contributed by atoms with E-state index in [-0.39, 0.29) is 6.67 Å². The molecule has 0 saturated heterocycles. The predicted molar refractivity (Wildman–Crippen MR) is 42.7 cm³/mol. The Hall–Kier alpha value is 0.170. The van der Waals surface area contributed by atoms with Gasteiger partial charge in [-0.3, -0.25) is 4.39 Å². The van der Waals surface area contributed by atoms with E-state index in [1.807, 2.05) is 6.92 Å². The van der Waals surface area contributed by atoms with Gasteiger partial charge in [-0.15, -0.1) is 0 Å². The highest BCUT2D eigenvalue weighted by molar-refractivity contribution is 8.22. The molecule has 0 atom stereocenters. The Morgan fingerprint density at radius 2 is 2.44 bits per heavy atom. The van der Waals surface area contributed by atoms with Crippen molar-refractivity contribution in [2.45, 2.75) is 6.92 Å². The smallest absolute Gasteiger partial charge is 0.220 e. The summed E-state index contributed by atoms with van der Waals surface area (Å²) in [7, 11) is 0. The van der Waals surface area contributed by atoms with Crippen LogP contribution in [0.3, 0.4) is 0 Å². The Kier molecular flexibility index (Phi) is 6.41. The summed E-state index contributed by atoms with van der Waals surface area (Å²) in [4.78, 5) is 0. The first-order chi connectivity index (χ1) is 4.31. The lowest BCUT2D eigenvalue weighted by molar-refractivity contribution is 0.346. The highest BCUT2D eigenvalue weighted by atomic mass is 32.2. The molecule has 0 aliphatic heterocycles. The predicted octanol–water partition coefficient (Wildman–Crippen LogP) is 2.01. The molecule has 9 heavy (non-hydrogen) atoms. The van der Waals surface area contributed by atoms with Gasteiger partial charge in [0.15, 0.2) is 0 Å². The molecule has 0 unspecified atom stereocenters. The molecule has 0 aliphatic carbocycles. The minimum atomic E-state index is -0.349. The summed E-state index contributed by atoms with van der Waals surface area (Å²) in [6, 6.07) is 0. The highest BCUT2D eigenvalue weighted by Crippen LogP contribution is 2.04. The lowest BCUT2D eigenvalue weighted by Crippen LogP contribution is -1.97. The summed E-state index contributed by atoms with van der Waals surface area (Å²) in [6.07, 6.45) is 0. The molecule has 0 aliphatic rings. The van der Waals surface area contributed by atoms with Crippen molar-refractivity contribution in [2.75, 3.05) is 19.0 Å². The van der Waals surface area contributed by atoms with Gasteiger partial charge in [-0.2, -0.15) is 0 Å². The summed E-state index contributed by atoms with van der Waals surface area (Å²) >= 11 is 5.93. The summed E-state index contributed by atoms with van der Waals surface area (Å²) in [5.74, 6) is 0.402. The standard InChI is InChI=1S/C5H9FOS2/c1-2-7-5(8)9-4-3-6/h2-4H2,1H3. The molecule has 0 N–H and O–H groups in total. The molecular weight excluding hydrogens is 159 g/mol. The van der Waals surface area contributed by atoms with E-state index in [4.69, 9.17) is 17.0 Å². The monoisotopic (exact) mass is 168 g/mol. The average molecular weight is 168 g/mol. The van der Waals surface area contributed by atoms with E-state index in [1.165, 1.54) is 11.8 Å². The molecule has 0 radical (unpaired) electrons. The van der Waals surface area contributed by atoms with Crippen LogP contribution in [0.1, 0.15) is 6.92 Å². The van der Waals surface area contributed by atoms with Gasteiger partial charge in [0.25, 0.3) is 0 Å². The van der Waals surface area contributed by atoms with Crippen molar-refractivity contribution in [3.8, 4) is 0 Å². The Balaban J connectivity index is 3.06. The fourth-order valence-electron chi connectivity index (χ4n) is 0.281. The number of thiocarbonyl (C=S) groups is 1. The van der Waals surface area contributed by atoms with E-state index < -0.39 is 0 Å². The minimum absolute atomic E-state index is 0.349. The van der Waals surface area contributed by atoms with E-state index in [0.717, 1.165) is 0 Å². The third-order valence-electron chi connectivity index (χ3n) is 0.559. The topological polar surface area (TPSA) is 9.23 Å². The molecule has 0 amide bonds. The minimum Gasteiger partial charge on any atom is -0.479 e. The van der Waals surface area contributed by atoms with Crippen LogP contribution in [0, 0.1) is 0 Å². The van der Waals surface area contributed by atoms with Gasteiger partial charge in [-0.1, -0.05) is 11.8 Å². The van der Waals surface area contributed by atoms with Crippen LogP contribution >= 0.6 is 24.0 Å². The molecule has 0 rings (SSSR count). The van der Waals surface area contributed by atoms with Crippen molar-refractivity contribution >= 4 is 28.4 Å². The molecule has 1 nitrogen and oxygen atoms in total. The lowest BCUT2D eigenvalue weighted by Gasteiger charge is -2.00. The van der Waals surface area contributed by atoms with Gasteiger partial charge in [0, 0.05) is 5.75 Å². The first-order valence-corrected chi connectivity index (χ1v) is 4.06. The number of hydrogen-bond donors (Lipinski definition) is 0. The molecule has 0 saturated carbocycles. The molecular formula is C5H9FOS2. The summed E-state index contributed by atoms with van der Waals surface area (Å²) in [5, 5.41) is 0. The van der Waals surface area contributed by atoms with Crippen molar-refractivity contribution in [1.82, 2.24) is 0 Å². The third-order valence-corrected chi connectivity index (χ3v) is 1.74. The van der Waals surface area contributed by atoms with Crippen LogP contribution in [0.15, 0.2) is 0 Å². The molecule has 0 heterocycles. The van der Waals surface area contributed by atoms with Crippen LogP contribution in [0.2, 0.25) is 0 Å². The van der Waals surface area contributed by atoms with E-state index in [0.29, 0.717) is 16.7 Å². The van der Waals surface area contributed by atoms with Crippen LogP contribution < -0.4 is 0 Å². The summed E-state index contributed by atoms with van der Waals surface area (Å²) in [6.45, 7) is 2.07. The quantitative estimate of drug-likeness (QED) is 0.597. The van der Waals surface area contributed by atoms with E-state index in [2.05, 4.69) is 0 Å². The molecule has 0 spiro atoms. The Morgan fingerprint density at radius 1 is 1.78 bits per heavy atom. The zero-order valence-corrected chi connectivity index (χ0v) is 6.86. The number of ether oxygens (including phenoxy) is 1. The van der Waals surface area contributed by atoms with Gasteiger partial charge in [-0.25, -0.2) is 0 Å². The maximum atomic E-state index is 11.5. The Morgan fingerprint density at radius 3 is 2.89 bits per heavy atom.